The van der Waals surface area contributed by atoms with Gasteiger partial charge in [0.1, 0.15) is 4.64 Å². The van der Waals surface area contributed by atoms with Crippen LogP contribution in [0, 0.1) is 4.64 Å². The number of aromatic nitrogens is 1. The van der Waals surface area contributed by atoms with Crippen molar-refractivity contribution in [2.75, 3.05) is 6.54 Å². The molecule has 0 aliphatic carbocycles. The van der Waals surface area contributed by atoms with Crippen LogP contribution in [-0.4, -0.2) is 23.3 Å². The van der Waals surface area contributed by atoms with Crippen molar-refractivity contribution in [1.82, 2.24) is 10.3 Å². The summed E-state index contributed by atoms with van der Waals surface area (Å²) in [4.78, 5) is 24.5. The topological polar surface area (TPSA) is 88.0 Å². The maximum absolute atomic E-state index is 11.4. The lowest BCUT2D eigenvalue weighted by Crippen LogP contribution is -2.33. The molecule has 0 atom stereocenters. The number of H-pyrrole nitrogens is 1. The Hall–Kier alpha value is -1.69. The predicted octanol–water partition coefficient (Wildman–Crippen LogP) is -0.0407. The monoisotopic (exact) mass is 211 g/mol. The molecule has 1 aromatic heterocycles. The highest BCUT2D eigenvalue weighted by molar-refractivity contribution is 7.71. The molecule has 1 heterocycles. The van der Waals surface area contributed by atoms with Crippen molar-refractivity contribution in [2.24, 2.45) is 5.73 Å². The lowest BCUT2D eigenvalue weighted by Gasteiger charge is -2.01. The first-order valence-corrected chi connectivity index (χ1v) is 4.26. The molecule has 0 aliphatic heterocycles. The number of aromatic amines is 1. The van der Waals surface area contributed by atoms with Gasteiger partial charge in [0, 0.05) is 6.20 Å². The van der Waals surface area contributed by atoms with Gasteiger partial charge < -0.3 is 16.0 Å². The summed E-state index contributed by atoms with van der Waals surface area (Å²) < 4.78 is 0.328. The van der Waals surface area contributed by atoms with Gasteiger partial charge in [-0.3, -0.25) is 9.59 Å². The summed E-state index contributed by atoms with van der Waals surface area (Å²) in [6, 6.07) is 3.21. The summed E-state index contributed by atoms with van der Waals surface area (Å²) in [7, 11) is 0. The zero-order valence-electron chi connectivity index (χ0n) is 7.24. The molecule has 5 nitrogen and oxygen atoms in total. The normalized spacial score (nSPS) is 9.43. The number of nitrogens with one attached hydrogen (secondary N) is 2. The molecule has 0 fully saturated rings. The molecule has 74 valence electrons. The van der Waals surface area contributed by atoms with Crippen molar-refractivity contribution in [1.29, 1.82) is 0 Å². The van der Waals surface area contributed by atoms with Crippen LogP contribution in [0.1, 0.15) is 10.4 Å². The molecule has 0 aromatic carbocycles. The molecular formula is C8H9N3O2S. The highest BCUT2D eigenvalue weighted by Gasteiger charge is 2.07. The first kappa shape index (κ1) is 10.4. The minimum Gasteiger partial charge on any atom is -0.368 e. The van der Waals surface area contributed by atoms with Crippen LogP contribution in [-0.2, 0) is 4.79 Å². The summed E-state index contributed by atoms with van der Waals surface area (Å²) in [5.41, 5.74) is 5.19. The Balaban J connectivity index is 2.75. The molecule has 0 spiro atoms. The molecule has 0 unspecified atom stereocenters. The van der Waals surface area contributed by atoms with E-state index >= 15 is 0 Å². The third kappa shape index (κ3) is 2.67. The molecule has 1 aromatic rings. The first-order valence-electron chi connectivity index (χ1n) is 3.85. The van der Waals surface area contributed by atoms with Crippen LogP contribution in [0.2, 0.25) is 0 Å². The van der Waals surface area contributed by atoms with Gasteiger partial charge in [-0.25, -0.2) is 0 Å². The Bertz CT molecular complexity index is 413. The van der Waals surface area contributed by atoms with Crippen molar-refractivity contribution >= 4 is 24.0 Å². The van der Waals surface area contributed by atoms with Crippen molar-refractivity contribution in [3.05, 3.63) is 28.5 Å². The number of carbonyl (C=O) groups excluding carboxylic acids is 2. The van der Waals surface area contributed by atoms with E-state index in [9.17, 15) is 9.59 Å². The predicted molar refractivity (Wildman–Crippen MR) is 53.2 cm³/mol. The van der Waals surface area contributed by atoms with Crippen LogP contribution < -0.4 is 11.1 Å². The maximum atomic E-state index is 11.4. The van der Waals surface area contributed by atoms with Gasteiger partial charge in [0.25, 0.3) is 5.91 Å². The SMILES string of the molecule is NC(=O)CNC(=O)c1ccc[nH]c1=S. The average molecular weight is 211 g/mol. The Morgan fingerprint density at radius 3 is 2.86 bits per heavy atom. The Labute approximate surface area is 85.3 Å². The highest BCUT2D eigenvalue weighted by atomic mass is 32.1. The minimum atomic E-state index is -0.593. The maximum Gasteiger partial charge on any atom is 0.254 e. The molecule has 4 N–H and O–H groups in total. The third-order valence-corrected chi connectivity index (χ3v) is 1.82. The van der Waals surface area contributed by atoms with E-state index in [0.29, 0.717) is 10.2 Å². The Morgan fingerprint density at radius 2 is 2.29 bits per heavy atom. The number of carbonyl (C=O) groups is 2. The molecule has 0 saturated heterocycles. The number of pyridine rings is 1. The van der Waals surface area contributed by atoms with Crippen molar-refractivity contribution in [2.45, 2.75) is 0 Å². The van der Waals surface area contributed by atoms with E-state index in [1.165, 1.54) is 0 Å². The Kier molecular flexibility index (Phi) is 3.35. The molecule has 0 radical (unpaired) electrons. The van der Waals surface area contributed by atoms with Crippen LogP contribution >= 0.6 is 12.2 Å². The fourth-order valence-electron chi connectivity index (χ4n) is 0.863. The zero-order valence-corrected chi connectivity index (χ0v) is 8.06. The van der Waals surface area contributed by atoms with Gasteiger partial charge in [0.2, 0.25) is 5.91 Å². The minimum absolute atomic E-state index is 0.192. The van der Waals surface area contributed by atoms with Crippen LogP contribution in [0.15, 0.2) is 18.3 Å². The number of primary amides is 1. The first-order chi connectivity index (χ1) is 6.61. The molecule has 6 heteroatoms. The van der Waals surface area contributed by atoms with E-state index in [1.807, 2.05) is 0 Å². The van der Waals surface area contributed by atoms with Crippen LogP contribution in [0.4, 0.5) is 0 Å². The van der Waals surface area contributed by atoms with Gasteiger partial charge in [-0.2, -0.15) is 0 Å². The summed E-state index contributed by atoms with van der Waals surface area (Å²) >= 11 is 4.88. The van der Waals surface area contributed by atoms with E-state index in [1.54, 1.807) is 18.3 Å². The number of hydrogen-bond donors (Lipinski definition) is 3. The number of nitrogens with two attached hydrogens (primary N) is 1. The van der Waals surface area contributed by atoms with Crippen LogP contribution in [0.3, 0.4) is 0 Å². The molecule has 2 amide bonds. The molecule has 1 rings (SSSR count). The standard InChI is InChI=1S/C8H9N3O2S/c9-6(12)4-11-7(13)5-2-1-3-10-8(5)14/h1-3H,4H2,(H2,9,12)(H,10,14)(H,11,13). The van der Waals surface area contributed by atoms with E-state index in [4.69, 9.17) is 18.0 Å². The van der Waals surface area contributed by atoms with Gasteiger partial charge >= 0.3 is 0 Å². The summed E-state index contributed by atoms with van der Waals surface area (Å²) in [5.74, 6) is -1.00. The molecular weight excluding hydrogens is 202 g/mol. The van der Waals surface area contributed by atoms with Gasteiger partial charge in [-0.1, -0.05) is 12.2 Å². The number of hydrogen-bond acceptors (Lipinski definition) is 3. The largest absolute Gasteiger partial charge is 0.368 e. The summed E-state index contributed by atoms with van der Waals surface area (Å²) in [6.45, 7) is -0.192. The van der Waals surface area contributed by atoms with Crippen molar-refractivity contribution in [3.8, 4) is 0 Å². The summed E-state index contributed by atoms with van der Waals surface area (Å²) in [5, 5.41) is 2.34. The van der Waals surface area contributed by atoms with Gasteiger partial charge in [-0.15, -0.1) is 0 Å². The van der Waals surface area contributed by atoms with E-state index < -0.39 is 11.8 Å². The van der Waals surface area contributed by atoms with Gasteiger partial charge in [0.05, 0.1) is 12.1 Å². The fourth-order valence-corrected chi connectivity index (χ4v) is 1.09. The molecule has 0 bridgehead atoms. The number of amides is 2. The van der Waals surface area contributed by atoms with E-state index in [0.717, 1.165) is 0 Å². The summed E-state index contributed by atoms with van der Waals surface area (Å²) in [6.07, 6.45) is 1.62. The lowest BCUT2D eigenvalue weighted by atomic mass is 10.3. The van der Waals surface area contributed by atoms with E-state index in [-0.39, 0.29) is 6.54 Å². The molecule has 0 aliphatic rings. The van der Waals surface area contributed by atoms with Gasteiger partial charge in [0.15, 0.2) is 0 Å². The smallest absolute Gasteiger partial charge is 0.254 e. The van der Waals surface area contributed by atoms with Crippen molar-refractivity contribution in [3.63, 3.8) is 0 Å². The van der Waals surface area contributed by atoms with Gasteiger partial charge in [-0.05, 0) is 12.1 Å². The van der Waals surface area contributed by atoms with E-state index in [2.05, 4.69) is 10.3 Å². The second-order valence-electron chi connectivity index (χ2n) is 2.56. The van der Waals surface area contributed by atoms with Crippen molar-refractivity contribution < 1.29 is 9.59 Å². The zero-order chi connectivity index (χ0) is 10.6. The Morgan fingerprint density at radius 1 is 1.57 bits per heavy atom. The quantitative estimate of drug-likeness (QED) is 0.613. The fraction of sp³-hybridized carbons (Fsp3) is 0.125. The van der Waals surface area contributed by atoms with Crippen LogP contribution in [0.25, 0.3) is 0 Å². The second-order valence-corrected chi connectivity index (χ2v) is 2.97. The second kappa shape index (κ2) is 4.52. The lowest BCUT2D eigenvalue weighted by molar-refractivity contribution is -0.117. The third-order valence-electron chi connectivity index (χ3n) is 1.49. The van der Waals surface area contributed by atoms with Crippen LogP contribution in [0.5, 0.6) is 0 Å². The average Bonchev–Trinajstić information content (AvgIpc) is 2.15. The highest BCUT2D eigenvalue weighted by Crippen LogP contribution is 1.98. The molecule has 14 heavy (non-hydrogen) atoms. The number of rotatable bonds is 3. The molecule has 0 saturated carbocycles.